The quantitative estimate of drug-likeness (QED) is 0.546. The normalized spacial score (nSPS) is 11.7. The lowest BCUT2D eigenvalue weighted by Gasteiger charge is -2.27. The number of rotatable bonds is 9. The van der Waals surface area contributed by atoms with Crippen LogP contribution in [0.15, 0.2) is 67.0 Å². The Balaban J connectivity index is 1.87. The van der Waals surface area contributed by atoms with Crippen LogP contribution < -0.4 is 15.5 Å². The van der Waals surface area contributed by atoms with Crippen molar-refractivity contribution in [2.45, 2.75) is 32.9 Å². The third-order valence-corrected chi connectivity index (χ3v) is 5.35. The molecule has 2 N–H and O–H groups in total. The maximum Gasteiger partial charge on any atom is 0.244 e. The van der Waals surface area contributed by atoms with Gasteiger partial charge in [0.05, 0.1) is 18.3 Å². The molecule has 0 bridgehead atoms. The summed E-state index contributed by atoms with van der Waals surface area (Å²) < 4.78 is 0. The average Bonchev–Trinajstić information content (AvgIpc) is 2.79. The molecule has 0 radical (unpaired) electrons. The van der Waals surface area contributed by atoms with Gasteiger partial charge in [0.25, 0.3) is 0 Å². The Kier molecular flexibility index (Phi) is 7.98. The van der Waals surface area contributed by atoms with Crippen LogP contribution in [0, 0.1) is 0 Å². The standard InChI is InChI=1S/C24H28ClN5O/c1-3-29(4-2)23-9-5-8-20(28-23)17-30(21-12-10-19(25)11-13-21)24(31)22(26)15-18-7-6-14-27-16-18/h5-14,16,22H,3-4,15,17,26H2,1-2H3/t22-/m0/s1. The molecule has 7 heteroatoms. The number of anilines is 2. The number of halogens is 1. The SMILES string of the molecule is CCN(CC)c1cccc(CN(C(=O)[C@@H](N)Cc2cccnc2)c2ccc(Cl)cc2)n1. The molecule has 3 rings (SSSR count). The highest BCUT2D eigenvalue weighted by Gasteiger charge is 2.24. The number of pyridine rings is 2. The van der Waals surface area contributed by atoms with Crippen LogP contribution in [0.1, 0.15) is 25.1 Å². The molecular formula is C24H28ClN5O. The molecule has 2 aromatic heterocycles. The highest BCUT2D eigenvalue weighted by atomic mass is 35.5. The number of benzene rings is 1. The topological polar surface area (TPSA) is 75.3 Å². The molecule has 0 saturated carbocycles. The van der Waals surface area contributed by atoms with E-state index in [4.69, 9.17) is 22.3 Å². The van der Waals surface area contributed by atoms with Crippen LogP contribution in [0.25, 0.3) is 0 Å². The predicted octanol–water partition coefficient (Wildman–Crippen LogP) is 4.08. The molecule has 0 unspecified atom stereocenters. The van der Waals surface area contributed by atoms with Gasteiger partial charge in [-0.15, -0.1) is 0 Å². The lowest BCUT2D eigenvalue weighted by molar-refractivity contribution is -0.120. The van der Waals surface area contributed by atoms with E-state index in [1.165, 1.54) is 0 Å². The van der Waals surface area contributed by atoms with Gasteiger partial charge in [-0.25, -0.2) is 4.98 Å². The van der Waals surface area contributed by atoms with Gasteiger partial charge in [0, 0.05) is 36.2 Å². The van der Waals surface area contributed by atoms with E-state index < -0.39 is 6.04 Å². The first-order valence-corrected chi connectivity index (χ1v) is 10.8. The fourth-order valence-electron chi connectivity index (χ4n) is 3.42. The number of amides is 1. The van der Waals surface area contributed by atoms with Gasteiger partial charge in [-0.2, -0.15) is 0 Å². The van der Waals surface area contributed by atoms with Crippen molar-refractivity contribution in [3.05, 3.63) is 83.3 Å². The minimum absolute atomic E-state index is 0.179. The molecule has 162 valence electrons. The average molecular weight is 438 g/mol. The second kappa shape index (κ2) is 10.9. The smallest absolute Gasteiger partial charge is 0.244 e. The first-order valence-electron chi connectivity index (χ1n) is 10.4. The number of hydrogen-bond acceptors (Lipinski definition) is 5. The largest absolute Gasteiger partial charge is 0.357 e. The van der Waals surface area contributed by atoms with Gasteiger partial charge in [0.1, 0.15) is 5.82 Å². The molecule has 3 aromatic rings. The van der Waals surface area contributed by atoms with E-state index in [1.807, 2.05) is 42.5 Å². The minimum atomic E-state index is -0.703. The van der Waals surface area contributed by atoms with E-state index >= 15 is 0 Å². The zero-order valence-electron chi connectivity index (χ0n) is 17.9. The second-order valence-corrected chi connectivity index (χ2v) is 7.67. The summed E-state index contributed by atoms with van der Waals surface area (Å²) in [7, 11) is 0. The van der Waals surface area contributed by atoms with Crippen molar-refractivity contribution in [3.8, 4) is 0 Å². The van der Waals surface area contributed by atoms with Gasteiger partial charge in [-0.05, 0) is 68.3 Å². The van der Waals surface area contributed by atoms with Crippen molar-refractivity contribution in [1.29, 1.82) is 0 Å². The van der Waals surface area contributed by atoms with Gasteiger partial charge < -0.3 is 15.5 Å². The van der Waals surface area contributed by atoms with Gasteiger partial charge in [0.2, 0.25) is 5.91 Å². The number of hydrogen-bond donors (Lipinski definition) is 1. The lowest BCUT2D eigenvalue weighted by Crippen LogP contribution is -2.45. The maximum atomic E-state index is 13.4. The molecule has 0 spiro atoms. The predicted molar refractivity (Wildman–Crippen MR) is 126 cm³/mol. The van der Waals surface area contributed by atoms with Crippen LogP contribution in [0.3, 0.4) is 0 Å². The Labute approximate surface area is 188 Å². The highest BCUT2D eigenvalue weighted by molar-refractivity contribution is 6.30. The van der Waals surface area contributed by atoms with E-state index in [-0.39, 0.29) is 5.91 Å². The Morgan fingerprint density at radius 1 is 1.06 bits per heavy atom. The summed E-state index contributed by atoms with van der Waals surface area (Å²) in [5.74, 6) is 0.715. The zero-order chi connectivity index (χ0) is 22.2. The van der Waals surface area contributed by atoms with Crippen LogP contribution >= 0.6 is 11.6 Å². The Morgan fingerprint density at radius 3 is 2.45 bits per heavy atom. The Morgan fingerprint density at radius 2 is 1.81 bits per heavy atom. The molecule has 0 fully saturated rings. The van der Waals surface area contributed by atoms with Crippen molar-refractivity contribution in [1.82, 2.24) is 9.97 Å². The Bertz CT molecular complexity index is 977. The fraction of sp³-hybridized carbons (Fsp3) is 0.292. The van der Waals surface area contributed by atoms with Crippen LogP contribution in [0.2, 0.25) is 5.02 Å². The third kappa shape index (κ3) is 6.03. The van der Waals surface area contributed by atoms with E-state index in [0.29, 0.717) is 18.0 Å². The number of carbonyl (C=O) groups excluding carboxylic acids is 1. The van der Waals surface area contributed by atoms with Crippen LogP contribution in [-0.4, -0.2) is 35.0 Å². The number of nitrogens with two attached hydrogens (primary N) is 1. The molecule has 2 heterocycles. The van der Waals surface area contributed by atoms with Gasteiger partial charge in [-0.3, -0.25) is 9.78 Å². The molecular weight excluding hydrogens is 410 g/mol. The zero-order valence-corrected chi connectivity index (χ0v) is 18.7. The summed E-state index contributed by atoms with van der Waals surface area (Å²) in [5.41, 5.74) is 8.76. The number of aromatic nitrogens is 2. The molecule has 0 saturated heterocycles. The van der Waals surface area contributed by atoms with Crippen molar-refractivity contribution >= 4 is 29.0 Å². The molecule has 0 aliphatic heterocycles. The van der Waals surface area contributed by atoms with Crippen LogP contribution in [-0.2, 0) is 17.8 Å². The fourth-order valence-corrected chi connectivity index (χ4v) is 3.54. The van der Waals surface area contributed by atoms with Crippen molar-refractivity contribution in [2.24, 2.45) is 5.73 Å². The maximum absolute atomic E-state index is 13.4. The molecule has 1 amide bonds. The van der Waals surface area contributed by atoms with Gasteiger partial charge in [-0.1, -0.05) is 23.7 Å². The molecule has 31 heavy (non-hydrogen) atoms. The minimum Gasteiger partial charge on any atom is -0.357 e. The van der Waals surface area contributed by atoms with Crippen molar-refractivity contribution in [3.63, 3.8) is 0 Å². The summed E-state index contributed by atoms with van der Waals surface area (Å²) in [6, 6.07) is 16.1. The monoisotopic (exact) mass is 437 g/mol. The summed E-state index contributed by atoms with van der Waals surface area (Å²) in [5, 5.41) is 0.609. The van der Waals surface area contributed by atoms with Crippen molar-refractivity contribution in [2.75, 3.05) is 22.9 Å². The molecule has 0 aliphatic rings. The van der Waals surface area contributed by atoms with E-state index in [0.717, 1.165) is 35.9 Å². The number of nitrogens with zero attached hydrogens (tertiary/aromatic N) is 4. The van der Waals surface area contributed by atoms with E-state index in [2.05, 4.69) is 23.7 Å². The van der Waals surface area contributed by atoms with Gasteiger partial charge >= 0.3 is 0 Å². The van der Waals surface area contributed by atoms with Crippen LogP contribution in [0.5, 0.6) is 0 Å². The van der Waals surface area contributed by atoms with E-state index in [1.54, 1.807) is 29.4 Å². The molecule has 1 aromatic carbocycles. The summed E-state index contributed by atoms with van der Waals surface area (Å²) >= 11 is 6.06. The lowest BCUT2D eigenvalue weighted by atomic mass is 10.1. The van der Waals surface area contributed by atoms with E-state index in [9.17, 15) is 4.79 Å². The molecule has 0 aliphatic carbocycles. The van der Waals surface area contributed by atoms with Crippen LogP contribution in [0.4, 0.5) is 11.5 Å². The van der Waals surface area contributed by atoms with Crippen molar-refractivity contribution < 1.29 is 4.79 Å². The highest BCUT2D eigenvalue weighted by Crippen LogP contribution is 2.22. The third-order valence-electron chi connectivity index (χ3n) is 5.10. The summed E-state index contributed by atoms with van der Waals surface area (Å²) in [6.07, 6.45) is 3.84. The molecule has 1 atom stereocenters. The first kappa shape index (κ1) is 22.7. The van der Waals surface area contributed by atoms with Gasteiger partial charge in [0.15, 0.2) is 0 Å². The summed E-state index contributed by atoms with van der Waals surface area (Å²) in [4.78, 5) is 26.1. The first-order chi connectivity index (χ1) is 15.0. The Hall–Kier alpha value is -2.96. The number of carbonyl (C=O) groups is 1. The molecule has 6 nitrogen and oxygen atoms in total. The second-order valence-electron chi connectivity index (χ2n) is 7.23. The summed E-state index contributed by atoms with van der Waals surface area (Å²) in [6.45, 7) is 6.24.